The molecule has 66 valence electrons. The summed E-state index contributed by atoms with van der Waals surface area (Å²) in [4.78, 5) is 10.8. The first-order chi connectivity index (χ1) is 5.86. The average Bonchev–Trinajstić information content (AvgIpc) is 2.54. The van der Waals surface area contributed by atoms with Crippen molar-refractivity contribution in [2.45, 2.75) is 18.8 Å². The minimum Gasteiger partial charge on any atom is -0.383 e. The topological polar surface area (TPSA) is 58.0 Å². The lowest BCUT2D eigenvalue weighted by molar-refractivity contribution is 0.327. The molecule has 1 unspecified atom stereocenters. The molecule has 12 heavy (non-hydrogen) atoms. The monoisotopic (exact) mass is 168 g/mol. The molecule has 0 aliphatic carbocycles. The Hall–Kier alpha value is -1.03. The molecule has 1 aromatic heterocycles. The smallest absolute Gasteiger partial charge is 0.280 e. The Bertz CT molecular complexity index is 296. The first kappa shape index (κ1) is 7.61. The standard InChI is InChI=1S/C8H12N2O2/c11-8-4-7(12-10-8)6-2-1-3-9-5-6/h4,6,9H,1-3,5H2,(H,10,11). The van der Waals surface area contributed by atoms with Crippen LogP contribution < -0.4 is 10.9 Å². The zero-order valence-electron chi connectivity index (χ0n) is 6.80. The summed E-state index contributed by atoms with van der Waals surface area (Å²) < 4.78 is 5.03. The first-order valence-corrected chi connectivity index (χ1v) is 4.25. The van der Waals surface area contributed by atoms with Gasteiger partial charge in [0, 0.05) is 18.5 Å². The number of nitrogens with one attached hydrogen (secondary N) is 2. The van der Waals surface area contributed by atoms with Crippen molar-refractivity contribution in [2.24, 2.45) is 0 Å². The maximum Gasteiger partial charge on any atom is 0.280 e. The first-order valence-electron chi connectivity index (χ1n) is 4.25. The zero-order chi connectivity index (χ0) is 8.39. The van der Waals surface area contributed by atoms with E-state index in [4.69, 9.17) is 4.52 Å². The van der Waals surface area contributed by atoms with Crippen LogP contribution in [-0.4, -0.2) is 18.2 Å². The van der Waals surface area contributed by atoms with Gasteiger partial charge in [0.2, 0.25) is 0 Å². The van der Waals surface area contributed by atoms with Crippen LogP contribution in [-0.2, 0) is 0 Å². The van der Waals surface area contributed by atoms with Gasteiger partial charge in [0.05, 0.1) is 0 Å². The van der Waals surface area contributed by atoms with Crippen LogP contribution in [0, 0.1) is 0 Å². The number of hydrogen-bond donors (Lipinski definition) is 2. The molecule has 1 fully saturated rings. The lowest BCUT2D eigenvalue weighted by atomic mass is 9.97. The molecular weight excluding hydrogens is 156 g/mol. The summed E-state index contributed by atoms with van der Waals surface area (Å²) in [7, 11) is 0. The molecule has 1 atom stereocenters. The van der Waals surface area contributed by atoms with E-state index in [9.17, 15) is 4.79 Å². The van der Waals surface area contributed by atoms with Crippen LogP contribution in [0.15, 0.2) is 15.4 Å². The van der Waals surface area contributed by atoms with Crippen molar-refractivity contribution < 1.29 is 4.52 Å². The van der Waals surface area contributed by atoms with Gasteiger partial charge >= 0.3 is 0 Å². The number of piperidine rings is 1. The van der Waals surface area contributed by atoms with E-state index in [0.29, 0.717) is 5.92 Å². The third-order valence-electron chi connectivity index (χ3n) is 2.24. The van der Waals surface area contributed by atoms with E-state index in [0.717, 1.165) is 31.7 Å². The molecule has 1 aliphatic heterocycles. The molecule has 1 saturated heterocycles. The van der Waals surface area contributed by atoms with Gasteiger partial charge in [-0.25, -0.2) is 0 Å². The molecule has 0 spiro atoms. The Labute approximate surface area is 69.9 Å². The highest BCUT2D eigenvalue weighted by atomic mass is 16.5. The SMILES string of the molecule is O=c1cc(C2CCCNC2)o[nH]1. The van der Waals surface area contributed by atoms with Crippen LogP contribution in [0.1, 0.15) is 24.5 Å². The van der Waals surface area contributed by atoms with Gasteiger partial charge in [0.15, 0.2) is 0 Å². The number of aromatic amines is 1. The number of hydrogen-bond acceptors (Lipinski definition) is 3. The quantitative estimate of drug-likeness (QED) is 0.639. The fourth-order valence-electron chi connectivity index (χ4n) is 1.59. The molecule has 2 N–H and O–H groups in total. The van der Waals surface area contributed by atoms with Crippen molar-refractivity contribution in [1.82, 2.24) is 10.5 Å². The van der Waals surface area contributed by atoms with Crippen LogP contribution in [0.5, 0.6) is 0 Å². The van der Waals surface area contributed by atoms with Crippen molar-refractivity contribution in [3.8, 4) is 0 Å². The molecule has 1 aliphatic rings. The zero-order valence-corrected chi connectivity index (χ0v) is 6.80. The fourth-order valence-corrected chi connectivity index (χ4v) is 1.59. The summed E-state index contributed by atoms with van der Waals surface area (Å²) in [5.41, 5.74) is -0.143. The molecule has 0 aromatic carbocycles. The predicted molar refractivity (Wildman–Crippen MR) is 44.2 cm³/mol. The second-order valence-corrected chi connectivity index (χ2v) is 3.16. The van der Waals surface area contributed by atoms with Crippen molar-refractivity contribution in [2.75, 3.05) is 13.1 Å². The number of rotatable bonds is 1. The highest BCUT2D eigenvalue weighted by Gasteiger charge is 2.18. The maximum atomic E-state index is 10.8. The molecule has 0 radical (unpaired) electrons. The Morgan fingerprint density at radius 2 is 2.50 bits per heavy atom. The Morgan fingerprint density at radius 1 is 1.58 bits per heavy atom. The van der Waals surface area contributed by atoms with E-state index in [1.54, 1.807) is 0 Å². The Kier molecular flexibility index (Phi) is 1.99. The van der Waals surface area contributed by atoms with Gasteiger partial charge in [0.1, 0.15) is 5.76 Å². The summed E-state index contributed by atoms with van der Waals surface area (Å²) >= 11 is 0. The minimum absolute atomic E-state index is 0.143. The average molecular weight is 168 g/mol. The van der Waals surface area contributed by atoms with E-state index in [-0.39, 0.29) is 5.56 Å². The van der Waals surface area contributed by atoms with E-state index in [1.807, 2.05) is 0 Å². The molecule has 2 heterocycles. The summed E-state index contributed by atoms with van der Waals surface area (Å²) in [6.45, 7) is 1.99. The highest BCUT2D eigenvalue weighted by Crippen LogP contribution is 2.20. The van der Waals surface area contributed by atoms with Gasteiger partial charge in [-0.1, -0.05) is 0 Å². The normalized spacial score (nSPS) is 24.2. The predicted octanol–water partition coefficient (Wildman–Crippen LogP) is 0.435. The number of aromatic nitrogens is 1. The third-order valence-corrected chi connectivity index (χ3v) is 2.24. The van der Waals surface area contributed by atoms with Gasteiger partial charge in [-0.2, -0.15) is 5.16 Å². The van der Waals surface area contributed by atoms with Crippen LogP contribution in [0.2, 0.25) is 0 Å². The Balaban J connectivity index is 2.13. The van der Waals surface area contributed by atoms with Crippen LogP contribution in [0.25, 0.3) is 0 Å². The summed E-state index contributed by atoms with van der Waals surface area (Å²) in [5.74, 6) is 1.16. The van der Waals surface area contributed by atoms with Gasteiger partial charge < -0.3 is 9.84 Å². The van der Waals surface area contributed by atoms with Crippen LogP contribution in [0.3, 0.4) is 0 Å². The van der Waals surface area contributed by atoms with Crippen LogP contribution >= 0.6 is 0 Å². The van der Waals surface area contributed by atoms with Gasteiger partial charge in [0.25, 0.3) is 5.56 Å². The van der Waals surface area contributed by atoms with E-state index < -0.39 is 0 Å². The summed E-state index contributed by atoms with van der Waals surface area (Å²) in [6.07, 6.45) is 2.26. The number of H-pyrrole nitrogens is 1. The second-order valence-electron chi connectivity index (χ2n) is 3.16. The molecule has 0 amide bonds. The fraction of sp³-hybridized carbons (Fsp3) is 0.625. The van der Waals surface area contributed by atoms with Gasteiger partial charge in [-0.15, -0.1) is 0 Å². The van der Waals surface area contributed by atoms with Gasteiger partial charge in [-0.3, -0.25) is 4.79 Å². The molecule has 4 nitrogen and oxygen atoms in total. The molecule has 4 heteroatoms. The van der Waals surface area contributed by atoms with Crippen LogP contribution in [0.4, 0.5) is 0 Å². The largest absolute Gasteiger partial charge is 0.383 e. The molecule has 1 aromatic rings. The van der Waals surface area contributed by atoms with Crippen molar-refractivity contribution in [1.29, 1.82) is 0 Å². The van der Waals surface area contributed by atoms with Crippen molar-refractivity contribution >= 4 is 0 Å². The van der Waals surface area contributed by atoms with E-state index in [2.05, 4.69) is 10.5 Å². The van der Waals surface area contributed by atoms with E-state index >= 15 is 0 Å². The molecule has 2 rings (SSSR count). The molecular formula is C8H12N2O2. The van der Waals surface area contributed by atoms with Crippen molar-refractivity contribution in [3.63, 3.8) is 0 Å². The summed E-state index contributed by atoms with van der Waals surface area (Å²) in [6, 6.07) is 1.54. The summed E-state index contributed by atoms with van der Waals surface area (Å²) in [5, 5.41) is 5.57. The third kappa shape index (κ3) is 1.43. The van der Waals surface area contributed by atoms with Gasteiger partial charge in [-0.05, 0) is 19.4 Å². The lowest BCUT2D eigenvalue weighted by Crippen LogP contribution is -2.28. The maximum absolute atomic E-state index is 10.8. The minimum atomic E-state index is -0.143. The highest BCUT2D eigenvalue weighted by molar-refractivity contribution is 5.03. The van der Waals surface area contributed by atoms with E-state index in [1.165, 1.54) is 6.07 Å². The van der Waals surface area contributed by atoms with Crippen molar-refractivity contribution in [3.05, 3.63) is 22.2 Å². The molecule has 0 saturated carbocycles. The Morgan fingerprint density at radius 3 is 3.08 bits per heavy atom. The molecule has 0 bridgehead atoms. The lowest BCUT2D eigenvalue weighted by Gasteiger charge is -2.19. The second kappa shape index (κ2) is 3.15.